The van der Waals surface area contributed by atoms with Gasteiger partial charge in [0, 0.05) is 29.6 Å². The van der Waals surface area contributed by atoms with Gasteiger partial charge in [0.05, 0.1) is 37.9 Å². The van der Waals surface area contributed by atoms with Gasteiger partial charge >= 0.3 is 0 Å². The highest BCUT2D eigenvalue weighted by molar-refractivity contribution is 6.31. The predicted molar refractivity (Wildman–Crippen MR) is 124 cm³/mol. The maximum Gasteiger partial charge on any atom is 0.270 e. The standard InChI is InChI=1S/C23H14ClN5O3/c1-27-18-5-3-2-4-16(18)25-21(27)20-14-8-7-13(29(31)32)11-15(14)23(30)28-19-9-6-12(24)10-17(19)26-22(20)28/h2-11,26H,1H3. The maximum atomic E-state index is 13.5. The highest BCUT2D eigenvalue weighted by Gasteiger charge is 2.23. The molecule has 0 amide bonds. The van der Waals surface area contributed by atoms with Gasteiger partial charge in [0.2, 0.25) is 0 Å². The lowest BCUT2D eigenvalue weighted by Crippen LogP contribution is -2.14. The number of aryl methyl sites for hydroxylation is 1. The molecule has 0 saturated heterocycles. The Bertz CT molecular complexity index is 1810. The largest absolute Gasteiger partial charge is 0.339 e. The van der Waals surface area contributed by atoms with E-state index in [1.165, 1.54) is 16.5 Å². The number of para-hydroxylation sites is 2. The number of nitrogens with one attached hydrogen (secondary N) is 1. The Morgan fingerprint density at radius 3 is 2.62 bits per heavy atom. The first-order valence-corrected chi connectivity index (χ1v) is 10.2. The molecule has 1 N–H and O–H groups in total. The van der Waals surface area contributed by atoms with Crippen LogP contribution in [0, 0.1) is 10.1 Å². The van der Waals surface area contributed by atoms with Gasteiger partial charge in [-0.3, -0.25) is 19.3 Å². The number of hydrogen-bond donors (Lipinski definition) is 1. The molecule has 3 heterocycles. The van der Waals surface area contributed by atoms with Crippen molar-refractivity contribution >= 4 is 55.8 Å². The molecule has 3 aromatic heterocycles. The van der Waals surface area contributed by atoms with Gasteiger partial charge in [-0.1, -0.05) is 23.7 Å². The lowest BCUT2D eigenvalue weighted by molar-refractivity contribution is -0.384. The van der Waals surface area contributed by atoms with Crippen molar-refractivity contribution < 1.29 is 4.92 Å². The number of nitro groups is 1. The molecular formula is C23H14ClN5O3. The summed E-state index contributed by atoms with van der Waals surface area (Å²) in [5.41, 5.74) is 3.78. The number of hydrogen-bond acceptors (Lipinski definition) is 4. The number of non-ortho nitro benzene ring substituents is 1. The second-order valence-corrected chi connectivity index (χ2v) is 8.06. The van der Waals surface area contributed by atoms with Gasteiger partial charge in [0.1, 0.15) is 11.5 Å². The number of fused-ring (bicyclic) bond motifs is 5. The normalized spacial score (nSPS) is 11.8. The van der Waals surface area contributed by atoms with Crippen LogP contribution < -0.4 is 5.56 Å². The molecule has 0 unspecified atom stereocenters. The summed E-state index contributed by atoms with van der Waals surface area (Å²) in [5.74, 6) is 0.639. The van der Waals surface area contributed by atoms with Crippen LogP contribution in [0.4, 0.5) is 5.69 Å². The van der Waals surface area contributed by atoms with Gasteiger partial charge in [-0.2, -0.15) is 0 Å². The van der Waals surface area contributed by atoms with E-state index in [9.17, 15) is 14.9 Å². The summed E-state index contributed by atoms with van der Waals surface area (Å²) < 4.78 is 3.49. The SMILES string of the molecule is Cn1c(-c2c3ccc([N+](=O)[O-])cc3c(=O)n3c2[nH]c2cc(Cl)ccc23)nc2ccccc21. The van der Waals surface area contributed by atoms with E-state index in [-0.39, 0.29) is 16.6 Å². The van der Waals surface area contributed by atoms with Crippen LogP contribution in [0.25, 0.3) is 49.9 Å². The Kier molecular flexibility index (Phi) is 3.73. The minimum atomic E-state index is -0.503. The molecule has 0 radical (unpaired) electrons. The van der Waals surface area contributed by atoms with Crippen molar-refractivity contribution in [2.75, 3.05) is 0 Å². The van der Waals surface area contributed by atoms with Crippen molar-refractivity contribution in [1.82, 2.24) is 18.9 Å². The van der Waals surface area contributed by atoms with E-state index in [1.54, 1.807) is 24.3 Å². The molecule has 3 aromatic carbocycles. The molecule has 0 aliphatic heterocycles. The number of H-pyrrole nitrogens is 1. The van der Waals surface area contributed by atoms with Crippen molar-refractivity contribution in [2.45, 2.75) is 0 Å². The fourth-order valence-electron chi connectivity index (χ4n) is 4.38. The molecule has 0 fully saturated rings. The Hall–Kier alpha value is -4.17. The van der Waals surface area contributed by atoms with Gasteiger partial charge in [-0.25, -0.2) is 4.98 Å². The van der Waals surface area contributed by atoms with Crippen LogP contribution in [-0.4, -0.2) is 23.9 Å². The van der Waals surface area contributed by atoms with Crippen LogP contribution in [0.5, 0.6) is 0 Å². The van der Waals surface area contributed by atoms with E-state index in [1.807, 2.05) is 35.9 Å². The molecule has 156 valence electrons. The molecule has 6 rings (SSSR count). The van der Waals surface area contributed by atoms with Gasteiger partial charge < -0.3 is 9.55 Å². The zero-order chi connectivity index (χ0) is 22.1. The van der Waals surface area contributed by atoms with Crippen LogP contribution in [0.1, 0.15) is 0 Å². The van der Waals surface area contributed by atoms with E-state index in [4.69, 9.17) is 16.6 Å². The zero-order valence-corrected chi connectivity index (χ0v) is 17.4. The lowest BCUT2D eigenvalue weighted by Gasteiger charge is -2.10. The second kappa shape index (κ2) is 6.41. The first-order chi connectivity index (χ1) is 15.4. The van der Waals surface area contributed by atoms with Crippen LogP contribution in [0.15, 0.2) is 65.5 Å². The first kappa shape index (κ1) is 18.6. The number of aromatic amines is 1. The number of imidazole rings is 2. The monoisotopic (exact) mass is 443 g/mol. The van der Waals surface area contributed by atoms with Gasteiger partial charge in [-0.15, -0.1) is 0 Å². The minimum absolute atomic E-state index is 0.145. The molecule has 0 atom stereocenters. The van der Waals surface area contributed by atoms with Gasteiger partial charge in [0.25, 0.3) is 11.2 Å². The van der Waals surface area contributed by atoms with Crippen LogP contribution in [0.3, 0.4) is 0 Å². The van der Waals surface area contributed by atoms with Crippen LogP contribution in [0.2, 0.25) is 5.02 Å². The van der Waals surface area contributed by atoms with Crippen molar-refractivity contribution in [2.24, 2.45) is 7.05 Å². The Balaban J connectivity index is 1.88. The van der Waals surface area contributed by atoms with Crippen molar-refractivity contribution in [3.8, 4) is 11.4 Å². The summed E-state index contributed by atoms with van der Waals surface area (Å²) in [7, 11) is 1.91. The molecule has 0 saturated carbocycles. The van der Waals surface area contributed by atoms with Crippen molar-refractivity contribution in [3.05, 3.63) is 86.2 Å². The molecule has 6 aromatic rings. The van der Waals surface area contributed by atoms with E-state index < -0.39 is 4.92 Å². The predicted octanol–water partition coefficient (Wildman–Crippen LogP) is 5.05. The molecule has 8 nitrogen and oxygen atoms in total. The number of aromatic nitrogens is 4. The summed E-state index contributed by atoms with van der Waals surface area (Å²) in [6.45, 7) is 0. The fourth-order valence-corrected chi connectivity index (χ4v) is 4.55. The number of nitro benzene ring substituents is 1. The van der Waals surface area contributed by atoms with E-state index in [2.05, 4.69) is 4.98 Å². The fraction of sp³-hybridized carbons (Fsp3) is 0.0435. The van der Waals surface area contributed by atoms with E-state index in [0.29, 0.717) is 38.5 Å². The van der Waals surface area contributed by atoms with E-state index >= 15 is 0 Å². The Labute approximate surface area is 184 Å². The Morgan fingerprint density at radius 1 is 1.03 bits per heavy atom. The smallest absolute Gasteiger partial charge is 0.270 e. The average molecular weight is 444 g/mol. The summed E-state index contributed by atoms with van der Waals surface area (Å²) in [6.07, 6.45) is 0. The van der Waals surface area contributed by atoms with Crippen molar-refractivity contribution in [1.29, 1.82) is 0 Å². The zero-order valence-electron chi connectivity index (χ0n) is 16.7. The number of halogens is 1. The number of benzene rings is 3. The van der Waals surface area contributed by atoms with Crippen LogP contribution in [-0.2, 0) is 7.05 Å². The van der Waals surface area contributed by atoms with Crippen molar-refractivity contribution in [3.63, 3.8) is 0 Å². The first-order valence-electron chi connectivity index (χ1n) is 9.80. The second-order valence-electron chi connectivity index (χ2n) is 7.62. The van der Waals surface area contributed by atoms with E-state index in [0.717, 1.165) is 11.0 Å². The summed E-state index contributed by atoms with van der Waals surface area (Å²) in [4.78, 5) is 32.6. The quantitative estimate of drug-likeness (QED) is 0.299. The maximum absolute atomic E-state index is 13.5. The highest BCUT2D eigenvalue weighted by atomic mass is 35.5. The molecular weight excluding hydrogens is 430 g/mol. The summed E-state index contributed by atoms with van der Waals surface area (Å²) in [5, 5.41) is 12.8. The van der Waals surface area contributed by atoms with Gasteiger partial charge in [-0.05, 0) is 36.4 Å². The molecule has 0 spiro atoms. The van der Waals surface area contributed by atoms with Gasteiger partial charge in [0.15, 0.2) is 0 Å². The molecule has 0 bridgehead atoms. The third kappa shape index (κ3) is 2.44. The Morgan fingerprint density at radius 2 is 1.84 bits per heavy atom. The number of nitrogens with zero attached hydrogens (tertiary/aromatic N) is 4. The third-order valence-corrected chi connectivity index (χ3v) is 6.08. The third-order valence-electron chi connectivity index (χ3n) is 5.84. The molecule has 9 heteroatoms. The van der Waals surface area contributed by atoms with Crippen LogP contribution >= 0.6 is 11.6 Å². The highest BCUT2D eigenvalue weighted by Crippen LogP contribution is 2.35. The lowest BCUT2D eigenvalue weighted by atomic mass is 10.1. The number of pyridine rings is 1. The molecule has 0 aliphatic carbocycles. The summed E-state index contributed by atoms with van der Waals surface area (Å²) >= 11 is 6.18. The molecule has 0 aliphatic rings. The average Bonchev–Trinajstić information content (AvgIpc) is 3.31. The minimum Gasteiger partial charge on any atom is -0.339 e. The topological polar surface area (TPSA) is 98.2 Å². The molecule has 32 heavy (non-hydrogen) atoms. The number of rotatable bonds is 2. The summed E-state index contributed by atoms with van der Waals surface area (Å²) in [6, 6.07) is 17.3.